The predicted molar refractivity (Wildman–Crippen MR) is 49.1 cm³/mol. The van der Waals surface area contributed by atoms with E-state index in [4.69, 9.17) is 0 Å². The largest absolute Gasteiger partial charge is 0.416 e. The SMILES string of the molecule is FCCNCc1cccc(C(F)(F)F)c1. The maximum Gasteiger partial charge on any atom is 0.416 e. The highest BCUT2D eigenvalue weighted by molar-refractivity contribution is 5.25. The van der Waals surface area contributed by atoms with Gasteiger partial charge in [-0.25, -0.2) is 4.39 Å². The first-order valence-electron chi connectivity index (χ1n) is 4.47. The molecule has 15 heavy (non-hydrogen) atoms. The van der Waals surface area contributed by atoms with E-state index >= 15 is 0 Å². The fourth-order valence-corrected chi connectivity index (χ4v) is 1.16. The Morgan fingerprint density at radius 3 is 2.53 bits per heavy atom. The molecule has 1 nitrogen and oxygen atoms in total. The van der Waals surface area contributed by atoms with Gasteiger partial charge < -0.3 is 5.32 Å². The first-order chi connectivity index (χ1) is 7.04. The monoisotopic (exact) mass is 221 g/mol. The highest BCUT2D eigenvalue weighted by atomic mass is 19.4. The van der Waals surface area contributed by atoms with Gasteiger partial charge in [-0.05, 0) is 11.6 Å². The van der Waals surface area contributed by atoms with Gasteiger partial charge in [0.05, 0.1) is 5.56 Å². The van der Waals surface area contributed by atoms with Crippen molar-refractivity contribution in [3.8, 4) is 0 Å². The maximum absolute atomic E-state index is 12.3. The van der Waals surface area contributed by atoms with Gasteiger partial charge in [-0.2, -0.15) is 13.2 Å². The average Bonchev–Trinajstić information content (AvgIpc) is 2.17. The fourth-order valence-electron chi connectivity index (χ4n) is 1.16. The summed E-state index contributed by atoms with van der Waals surface area (Å²) in [6.07, 6.45) is -4.32. The summed E-state index contributed by atoms with van der Waals surface area (Å²) >= 11 is 0. The quantitative estimate of drug-likeness (QED) is 0.609. The van der Waals surface area contributed by atoms with Gasteiger partial charge >= 0.3 is 6.18 Å². The van der Waals surface area contributed by atoms with Crippen LogP contribution in [0.3, 0.4) is 0 Å². The topological polar surface area (TPSA) is 12.0 Å². The van der Waals surface area contributed by atoms with E-state index in [1.54, 1.807) is 6.07 Å². The third-order valence-corrected chi connectivity index (χ3v) is 1.85. The van der Waals surface area contributed by atoms with Crippen LogP contribution in [0, 0.1) is 0 Å². The first-order valence-corrected chi connectivity index (χ1v) is 4.47. The molecule has 1 aromatic carbocycles. The Morgan fingerprint density at radius 1 is 1.20 bits per heavy atom. The van der Waals surface area contributed by atoms with Gasteiger partial charge in [-0.3, -0.25) is 0 Å². The Labute approximate surface area is 85.1 Å². The van der Waals surface area contributed by atoms with Crippen molar-refractivity contribution in [1.29, 1.82) is 0 Å². The minimum absolute atomic E-state index is 0.149. The summed E-state index contributed by atoms with van der Waals surface area (Å²) in [6.45, 7) is -0.136. The van der Waals surface area contributed by atoms with Gasteiger partial charge in [0.25, 0.3) is 0 Å². The molecule has 0 radical (unpaired) electrons. The molecule has 0 fully saturated rings. The molecule has 0 aromatic heterocycles. The van der Waals surface area contributed by atoms with Crippen LogP contribution < -0.4 is 5.32 Å². The molecular weight excluding hydrogens is 210 g/mol. The summed E-state index contributed by atoms with van der Waals surface area (Å²) in [7, 11) is 0. The van der Waals surface area contributed by atoms with Crippen molar-refractivity contribution in [3.05, 3.63) is 35.4 Å². The number of nitrogens with one attached hydrogen (secondary N) is 1. The van der Waals surface area contributed by atoms with Gasteiger partial charge in [-0.15, -0.1) is 0 Å². The van der Waals surface area contributed by atoms with Gasteiger partial charge in [0, 0.05) is 13.1 Å². The van der Waals surface area contributed by atoms with Crippen LogP contribution in [-0.2, 0) is 12.7 Å². The van der Waals surface area contributed by atoms with Crippen molar-refractivity contribution in [1.82, 2.24) is 5.32 Å². The first kappa shape index (κ1) is 12.0. The van der Waals surface area contributed by atoms with Crippen molar-refractivity contribution in [2.45, 2.75) is 12.7 Å². The molecule has 1 rings (SSSR count). The number of hydrogen-bond donors (Lipinski definition) is 1. The molecule has 1 N–H and O–H groups in total. The zero-order valence-electron chi connectivity index (χ0n) is 7.94. The standard InChI is InChI=1S/C10H11F4N/c11-4-5-15-7-8-2-1-3-9(6-8)10(12,13)14/h1-3,6,15H,4-5,7H2. The van der Waals surface area contributed by atoms with Crippen molar-refractivity contribution < 1.29 is 17.6 Å². The summed E-state index contributed by atoms with van der Waals surface area (Å²) in [6, 6.07) is 4.99. The number of alkyl halides is 4. The molecule has 0 bridgehead atoms. The smallest absolute Gasteiger partial charge is 0.310 e. The minimum Gasteiger partial charge on any atom is -0.310 e. The van der Waals surface area contributed by atoms with E-state index in [0.29, 0.717) is 5.56 Å². The molecular formula is C10H11F4N. The van der Waals surface area contributed by atoms with Crippen molar-refractivity contribution in [3.63, 3.8) is 0 Å². The fraction of sp³-hybridized carbons (Fsp3) is 0.400. The second-order valence-corrected chi connectivity index (χ2v) is 3.06. The number of rotatable bonds is 4. The summed E-state index contributed by atoms with van der Waals surface area (Å²) in [4.78, 5) is 0. The maximum atomic E-state index is 12.3. The molecule has 0 aliphatic rings. The summed E-state index contributed by atoms with van der Waals surface area (Å²) in [5.74, 6) is 0. The Hall–Kier alpha value is -1.10. The Morgan fingerprint density at radius 2 is 1.93 bits per heavy atom. The molecule has 0 aliphatic heterocycles. The number of hydrogen-bond acceptors (Lipinski definition) is 1. The van der Waals surface area contributed by atoms with Crippen molar-refractivity contribution >= 4 is 0 Å². The third-order valence-electron chi connectivity index (χ3n) is 1.85. The molecule has 84 valence electrons. The highest BCUT2D eigenvalue weighted by Gasteiger charge is 2.30. The number of benzene rings is 1. The zero-order chi connectivity index (χ0) is 11.3. The van der Waals surface area contributed by atoms with Crippen LogP contribution in [-0.4, -0.2) is 13.2 Å². The normalized spacial score (nSPS) is 11.7. The molecule has 0 saturated carbocycles. The van der Waals surface area contributed by atoms with Crippen LogP contribution in [0.25, 0.3) is 0 Å². The molecule has 0 atom stereocenters. The number of halogens is 4. The van der Waals surface area contributed by atoms with Crippen molar-refractivity contribution in [2.75, 3.05) is 13.2 Å². The highest BCUT2D eigenvalue weighted by Crippen LogP contribution is 2.29. The molecule has 0 aliphatic carbocycles. The van der Waals surface area contributed by atoms with Crippen LogP contribution >= 0.6 is 0 Å². The Bertz CT molecular complexity index is 309. The molecule has 0 amide bonds. The molecule has 1 aromatic rings. The van der Waals surface area contributed by atoms with E-state index in [1.807, 2.05) is 0 Å². The lowest BCUT2D eigenvalue weighted by atomic mass is 10.1. The molecule has 0 unspecified atom stereocenters. The van der Waals surface area contributed by atoms with E-state index < -0.39 is 18.4 Å². The van der Waals surface area contributed by atoms with Crippen LogP contribution in [0.5, 0.6) is 0 Å². The second kappa shape index (κ2) is 5.11. The zero-order valence-corrected chi connectivity index (χ0v) is 7.94. The van der Waals surface area contributed by atoms with E-state index in [-0.39, 0.29) is 13.1 Å². The molecule has 0 spiro atoms. The van der Waals surface area contributed by atoms with Crippen LogP contribution in [0.1, 0.15) is 11.1 Å². The lowest BCUT2D eigenvalue weighted by Gasteiger charge is -2.08. The third kappa shape index (κ3) is 3.87. The van der Waals surface area contributed by atoms with Gasteiger partial charge in [0.2, 0.25) is 0 Å². The molecule has 0 heterocycles. The Kier molecular flexibility index (Phi) is 4.08. The van der Waals surface area contributed by atoms with E-state index in [9.17, 15) is 17.6 Å². The molecule has 5 heteroatoms. The second-order valence-electron chi connectivity index (χ2n) is 3.06. The minimum atomic E-state index is -4.32. The van der Waals surface area contributed by atoms with Crippen LogP contribution in [0.2, 0.25) is 0 Å². The van der Waals surface area contributed by atoms with Gasteiger partial charge in [-0.1, -0.05) is 18.2 Å². The van der Waals surface area contributed by atoms with E-state index in [2.05, 4.69) is 5.32 Å². The van der Waals surface area contributed by atoms with Crippen molar-refractivity contribution in [2.24, 2.45) is 0 Å². The van der Waals surface area contributed by atoms with Crippen LogP contribution in [0.15, 0.2) is 24.3 Å². The Balaban J connectivity index is 2.66. The molecule has 0 saturated heterocycles. The lowest BCUT2D eigenvalue weighted by molar-refractivity contribution is -0.137. The predicted octanol–water partition coefficient (Wildman–Crippen LogP) is 2.76. The van der Waals surface area contributed by atoms with E-state index in [1.165, 1.54) is 6.07 Å². The summed E-state index contributed by atoms with van der Waals surface area (Å²) in [5.41, 5.74) is -0.180. The summed E-state index contributed by atoms with van der Waals surface area (Å²) < 4.78 is 48.5. The summed E-state index contributed by atoms with van der Waals surface area (Å²) in [5, 5.41) is 2.69. The van der Waals surface area contributed by atoms with Gasteiger partial charge in [0.1, 0.15) is 6.67 Å². The van der Waals surface area contributed by atoms with Crippen LogP contribution in [0.4, 0.5) is 17.6 Å². The average molecular weight is 221 g/mol. The lowest BCUT2D eigenvalue weighted by Crippen LogP contribution is -2.16. The van der Waals surface area contributed by atoms with E-state index in [0.717, 1.165) is 12.1 Å². The van der Waals surface area contributed by atoms with Gasteiger partial charge in [0.15, 0.2) is 0 Å².